The number of rotatable bonds is 3. The van der Waals surface area contributed by atoms with Gasteiger partial charge in [0.2, 0.25) is 11.8 Å². The van der Waals surface area contributed by atoms with Crippen molar-refractivity contribution >= 4 is 40.7 Å². The second-order valence-electron chi connectivity index (χ2n) is 5.70. The van der Waals surface area contributed by atoms with Crippen LogP contribution in [0.5, 0.6) is 0 Å². The predicted molar refractivity (Wildman–Crippen MR) is 84.7 cm³/mol. The van der Waals surface area contributed by atoms with Crippen LogP contribution >= 0.6 is 23.2 Å². The second kappa shape index (κ2) is 6.24. The molecule has 114 valence electrons. The van der Waals surface area contributed by atoms with Crippen LogP contribution in [-0.2, 0) is 9.59 Å². The molecule has 1 saturated heterocycles. The first-order chi connectivity index (χ1) is 9.82. The normalized spacial score (nSPS) is 15.1. The molecule has 0 radical (unpaired) electrons. The van der Waals surface area contributed by atoms with Crippen LogP contribution in [-0.4, -0.2) is 29.8 Å². The molecule has 0 unspecified atom stereocenters. The highest BCUT2D eigenvalue weighted by molar-refractivity contribution is 6.36. The maximum atomic E-state index is 12.4. The van der Waals surface area contributed by atoms with Crippen LogP contribution in [0.25, 0.3) is 0 Å². The molecule has 1 aliphatic heterocycles. The van der Waals surface area contributed by atoms with Gasteiger partial charge in [0.1, 0.15) is 5.41 Å². The number of nitrogens with one attached hydrogen (secondary N) is 1. The summed E-state index contributed by atoms with van der Waals surface area (Å²) in [4.78, 5) is 26.6. The Morgan fingerprint density at radius 1 is 1.19 bits per heavy atom. The lowest BCUT2D eigenvalue weighted by atomic mass is 9.90. The van der Waals surface area contributed by atoms with E-state index in [1.165, 1.54) is 0 Å². The first kappa shape index (κ1) is 16.1. The highest BCUT2D eigenvalue weighted by atomic mass is 35.5. The molecule has 1 aliphatic rings. The molecule has 21 heavy (non-hydrogen) atoms. The topological polar surface area (TPSA) is 49.4 Å². The zero-order valence-corrected chi connectivity index (χ0v) is 13.6. The van der Waals surface area contributed by atoms with Gasteiger partial charge in [0.25, 0.3) is 0 Å². The molecule has 1 aromatic rings. The van der Waals surface area contributed by atoms with E-state index in [0.717, 1.165) is 25.9 Å². The quantitative estimate of drug-likeness (QED) is 0.862. The smallest absolute Gasteiger partial charge is 0.239 e. The van der Waals surface area contributed by atoms with E-state index < -0.39 is 5.41 Å². The van der Waals surface area contributed by atoms with Crippen molar-refractivity contribution in [1.29, 1.82) is 0 Å². The molecule has 0 saturated carbocycles. The second-order valence-corrected chi connectivity index (χ2v) is 6.55. The van der Waals surface area contributed by atoms with Gasteiger partial charge in [0.15, 0.2) is 0 Å². The number of halogens is 2. The highest BCUT2D eigenvalue weighted by Crippen LogP contribution is 2.29. The van der Waals surface area contributed by atoms with Crippen molar-refractivity contribution < 1.29 is 9.59 Å². The summed E-state index contributed by atoms with van der Waals surface area (Å²) in [7, 11) is 0. The molecular weight excluding hydrogens is 311 g/mol. The summed E-state index contributed by atoms with van der Waals surface area (Å²) in [6.45, 7) is 4.70. The number of anilines is 1. The van der Waals surface area contributed by atoms with E-state index in [4.69, 9.17) is 23.2 Å². The average molecular weight is 329 g/mol. The van der Waals surface area contributed by atoms with Crippen molar-refractivity contribution in [3.8, 4) is 0 Å². The van der Waals surface area contributed by atoms with Gasteiger partial charge < -0.3 is 10.2 Å². The fourth-order valence-electron chi connectivity index (χ4n) is 2.28. The Labute approximate surface area is 134 Å². The Kier molecular flexibility index (Phi) is 4.79. The van der Waals surface area contributed by atoms with Crippen LogP contribution in [0.3, 0.4) is 0 Å². The molecule has 2 rings (SSSR count). The van der Waals surface area contributed by atoms with Crippen molar-refractivity contribution in [2.75, 3.05) is 18.4 Å². The standard InChI is InChI=1S/C15H18Cl2N2O2/c1-15(2,14(21)19-7-3-4-8-19)13(20)18-12-6-5-10(16)9-11(12)17/h5-6,9H,3-4,7-8H2,1-2H3,(H,18,20). The Balaban J connectivity index is 2.12. The third kappa shape index (κ3) is 3.50. The number of amides is 2. The molecule has 0 spiro atoms. The van der Waals surface area contributed by atoms with Crippen LogP contribution in [0, 0.1) is 5.41 Å². The van der Waals surface area contributed by atoms with Crippen LogP contribution in [0.4, 0.5) is 5.69 Å². The van der Waals surface area contributed by atoms with Crippen LogP contribution in [0.2, 0.25) is 10.0 Å². The lowest BCUT2D eigenvalue weighted by Gasteiger charge is -2.28. The van der Waals surface area contributed by atoms with Crippen molar-refractivity contribution in [3.63, 3.8) is 0 Å². The third-order valence-electron chi connectivity index (χ3n) is 3.67. The Morgan fingerprint density at radius 3 is 2.38 bits per heavy atom. The molecular formula is C15H18Cl2N2O2. The lowest BCUT2D eigenvalue weighted by Crippen LogP contribution is -2.46. The van der Waals surface area contributed by atoms with Gasteiger partial charge in [-0.3, -0.25) is 9.59 Å². The minimum absolute atomic E-state index is 0.150. The number of hydrogen-bond acceptors (Lipinski definition) is 2. The first-order valence-electron chi connectivity index (χ1n) is 6.88. The maximum Gasteiger partial charge on any atom is 0.239 e. The first-order valence-corrected chi connectivity index (χ1v) is 7.64. The molecule has 2 amide bonds. The fraction of sp³-hybridized carbons (Fsp3) is 0.467. The van der Waals surface area contributed by atoms with E-state index in [1.54, 1.807) is 36.9 Å². The zero-order valence-electron chi connectivity index (χ0n) is 12.1. The van der Waals surface area contributed by atoms with E-state index in [2.05, 4.69) is 5.32 Å². The Morgan fingerprint density at radius 2 is 1.81 bits per heavy atom. The van der Waals surface area contributed by atoms with Gasteiger partial charge in [0, 0.05) is 18.1 Å². The minimum atomic E-state index is -1.13. The summed E-state index contributed by atoms with van der Waals surface area (Å²) in [5.74, 6) is -0.522. The van der Waals surface area contributed by atoms with Crippen molar-refractivity contribution in [3.05, 3.63) is 28.2 Å². The van der Waals surface area contributed by atoms with Crippen molar-refractivity contribution in [1.82, 2.24) is 4.90 Å². The molecule has 1 fully saturated rings. The molecule has 6 heteroatoms. The number of hydrogen-bond donors (Lipinski definition) is 1. The number of benzene rings is 1. The maximum absolute atomic E-state index is 12.4. The Hall–Kier alpha value is -1.26. The summed E-state index contributed by atoms with van der Waals surface area (Å²) < 4.78 is 0. The predicted octanol–water partition coefficient (Wildman–Crippen LogP) is 3.58. The number of nitrogens with zero attached hydrogens (tertiary/aromatic N) is 1. The summed E-state index contributed by atoms with van der Waals surface area (Å²) >= 11 is 11.9. The van der Waals surface area contributed by atoms with Crippen molar-refractivity contribution in [2.45, 2.75) is 26.7 Å². The zero-order chi connectivity index (χ0) is 15.6. The van der Waals surface area contributed by atoms with Gasteiger partial charge in [-0.25, -0.2) is 0 Å². The van der Waals surface area contributed by atoms with Gasteiger partial charge in [-0.15, -0.1) is 0 Å². The van der Waals surface area contributed by atoms with E-state index in [-0.39, 0.29) is 11.8 Å². The summed E-state index contributed by atoms with van der Waals surface area (Å²) in [6, 6.07) is 4.81. The summed E-state index contributed by atoms with van der Waals surface area (Å²) in [5, 5.41) is 3.54. The van der Waals surface area contributed by atoms with E-state index in [0.29, 0.717) is 15.7 Å². The van der Waals surface area contributed by atoms with E-state index >= 15 is 0 Å². The summed E-state index contributed by atoms with van der Waals surface area (Å²) in [6.07, 6.45) is 1.99. The van der Waals surface area contributed by atoms with Crippen LogP contribution in [0.1, 0.15) is 26.7 Å². The number of likely N-dealkylation sites (tertiary alicyclic amines) is 1. The monoisotopic (exact) mass is 328 g/mol. The van der Waals surface area contributed by atoms with Crippen molar-refractivity contribution in [2.24, 2.45) is 5.41 Å². The molecule has 1 aromatic carbocycles. The molecule has 4 nitrogen and oxygen atoms in total. The highest BCUT2D eigenvalue weighted by Gasteiger charge is 2.40. The number of carbonyl (C=O) groups excluding carboxylic acids is 2. The van der Waals surface area contributed by atoms with E-state index in [1.807, 2.05) is 0 Å². The SMILES string of the molecule is CC(C)(C(=O)Nc1ccc(Cl)cc1Cl)C(=O)N1CCCC1. The molecule has 0 aromatic heterocycles. The van der Waals surface area contributed by atoms with Gasteiger partial charge >= 0.3 is 0 Å². The summed E-state index contributed by atoms with van der Waals surface area (Å²) in [5.41, 5.74) is -0.679. The largest absolute Gasteiger partial charge is 0.342 e. The molecule has 0 atom stereocenters. The third-order valence-corrected chi connectivity index (χ3v) is 4.22. The van der Waals surface area contributed by atoms with Gasteiger partial charge in [-0.05, 0) is 44.9 Å². The van der Waals surface area contributed by atoms with Gasteiger partial charge in [-0.2, -0.15) is 0 Å². The lowest BCUT2D eigenvalue weighted by molar-refractivity contribution is -0.145. The average Bonchev–Trinajstić information content (AvgIpc) is 2.94. The molecule has 0 aliphatic carbocycles. The van der Waals surface area contributed by atoms with Gasteiger partial charge in [0.05, 0.1) is 10.7 Å². The van der Waals surface area contributed by atoms with Crippen LogP contribution < -0.4 is 5.32 Å². The molecule has 0 bridgehead atoms. The minimum Gasteiger partial charge on any atom is -0.342 e. The Bertz CT molecular complexity index is 567. The molecule has 1 heterocycles. The number of carbonyl (C=O) groups is 2. The van der Waals surface area contributed by atoms with Crippen LogP contribution in [0.15, 0.2) is 18.2 Å². The fourth-order valence-corrected chi connectivity index (χ4v) is 2.74. The van der Waals surface area contributed by atoms with Gasteiger partial charge in [-0.1, -0.05) is 23.2 Å². The molecule has 1 N–H and O–H groups in total. The van der Waals surface area contributed by atoms with E-state index in [9.17, 15) is 9.59 Å².